The topological polar surface area (TPSA) is 63.7 Å². The van der Waals surface area contributed by atoms with Gasteiger partial charge in [0.25, 0.3) is 5.91 Å². The van der Waals surface area contributed by atoms with Crippen LogP contribution in [0, 0.1) is 0 Å². The third-order valence-electron chi connectivity index (χ3n) is 4.48. The molecule has 1 saturated heterocycles. The van der Waals surface area contributed by atoms with Crippen molar-refractivity contribution in [3.63, 3.8) is 0 Å². The Morgan fingerprint density at radius 2 is 2.10 bits per heavy atom. The first kappa shape index (κ1) is 22.6. The molecule has 1 aromatic rings. The number of allylic oxidation sites excluding steroid dienone is 2. The van der Waals surface area contributed by atoms with E-state index in [1.54, 1.807) is 0 Å². The van der Waals surface area contributed by atoms with E-state index in [-0.39, 0.29) is 23.9 Å². The smallest absolute Gasteiger partial charge is 0.433 e. The molecule has 6 nitrogen and oxygen atoms in total. The maximum absolute atomic E-state index is 12.8. The van der Waals surface area contributed by atoms with Gasteiger partial charge in [-0.25, -0.2) is 0 Å². The third kappa shape index (κ3) is 6.16. The van der Waals surface area contributed by atoms with E-state index in [0.717, 1.165) is 6.07 Å². The highest BCUT2D eigenvalue weighted by atomic mass is 19.4. The van der Waals surface area contributed by atoms with Crippen LogP contribution in [0.3, 0.4) is 0 Å². The van der Waals surface area contributed by atoms with Gasteiger partial charge in [-0.2, -0.15) is 13.2 Å². The molecule has 1 unspecified atom stereocenters. The maximum atomic E-state index is 12.8. The van der Waals surface area contributed by atoms with E-state index in [1.807, 2.05) is 4.90 Å². The van der Waals surface area contributed by atoms with E-state index in [0.29, 0.717) is 31.9 Å². The van der Waals surface area contributed by atoms with Crippen LogP contribution in [0.1, 0.15) is 17.3 Å². The quantitative estimate of drug-likeness (QED) is 0.405. The van der Waals surface area contributed by atoms with Gasteiger partial charge in [0.15, 0.2) is 0 Å². The van der Waals surface area contributed by atoms with E-state index in [9.17, 15) is 18.0 Å². The predicted molar refractivity (Wildman–Crippen MR) is 102 cm³/mol. The van der Waals surface area contributed by atoms with Gasteiger partial charge < -0.3 is 14.8 Å². The van der Waals surface area contributed by atoms with Gasteiger partial charge in [-0.05, 0) is 17.7 Å². The van der Waals surface area contributed by atoms with Crippen molar-refractivity contribution in [2.75, 3.05) is 40.0 Å². The highest BCUT2D eigenvalue weighted by molar-refractivity contribution is 5.97. The van der Waals surface area contributed by atoms with Gasteiger partial charge in [0.05, 0.1) is 31.9 Å². The molecule has 1 atom stereocenters. The molecule has 0 spiro atoms. The number of alkyl halides is 3. The van der Waals surface area contributed by atoms with Crippen LogP contribution in [0.25, 0.3) is 0 Å². The summed E-state index contributed by atoms with van der Waals surface area (Å²) in [7, 11) is 1.40. The molecule has 0 saturated carbocycles. The standard InChI is InChI=1S/C20H24F3N3O3/c1-4-5-16(14(2)28-3)19(27)25-13-17(26-8-10-29-11-9-26)15-6-7-18(24-12-15)20(21,22)23/h4-7,12,17H,1-2,8-11,13H2,3H3,(H,25,27)/b16-5+. The molecule has 1 aliphatic rings. The fourth-order valence-corrected chi connectivity index (χ4v) is 2.92. The number of carbonyl (C=O) groups excluding carboxylic acids is 1. The molecule has 0 aliphatic carbocycles. The minimum Gasteiger partial charge on any atom is -0.497 e. The molecule has 0 aromatic carbocycles. The highest BCUT2D eigenvalue weighted by Crippen LogP contribution is 2.29. The monoisotopic (exact) mass is 411 g/mol. The largest absolute Gasteiger partial charge is 0.497 e. The van der Waals surface area contributed by atoms with Crippen molar-refractivity contribution in [3.05, 3.63) is 66.2 Å². The second kappa shape index (κ2) is 10.2. The van der Waals surface area contributed by atoms with Crippen molar-refractivity contribution in [2.24, 2.45) is 0 Å². The molecule has 2 heterocycles. The van der Waals surface area contributed by atoms with Gasteiger partial charge in [0.2, 0.25) is 0 Å². The minimum absolute atomic E-state index is 0.164. The average Bonchev–Trinajstić information content (AvgIpc) is 2.72. The van der Waals surface area contributed by atoms with Gasteiger partial charge in [-0.1, -0.05) is 25.3 Å². The molecule has 0 bridgehead atoms. The molecular weight excluding hydrogens is 387 g/mol. The summed E-state index contributed by atoms with van der Waals surface area (Å²) in [6, 6.07) is 1.97. The zero-order valence-electron chi connectivity index (χ0n) is 16.2. The summed E-state index contributed by atoms with van der Waals surface area (Å²) in [6.45, 7) is 9.58. The number of ether oxygens (including phenoxy) is 2. The number of hydrogen-bond donors (Lipinski definition) is 1. The summed E-state index contributed by atoms with van der Waals surface area (Å²) < 4.78 is 48.8. The maximum Gasteiger partial charge on any atom is 0.433 e. The van der Waals surface area contributed by atoms with Crippen LogP contribution in [0.4, 0.5) is 13.2 Å². The van der Waals surface area contributed by atoms with Gasteiger partial charge in [0.1, 0.15) is 11.5 Å². The number of pyridine rings is 1. The Hall–Kier alpha value is -2.65. The minimum atomic E-state index is -4.51. The number of morpholine rings is 1. The van der Waals surface area contributed by atoms with E-state index in [1.165, 1.54) is 31.5 Å². The first-order valence-electron chi connectivity index (χ1n) is 8.97. The Labute approximate surface area is 167 Å². The van der Waals surface area contributed by atoms with Crippen molar-refractivity contribution >= 4 is 5.91 Å². The van der Waals surface area contributed by atoms with Crippen LogP contribution in [0.2, 0.25) is 0 Å². The normalized spacial score (nSPS) is 16.8. The number of hydrogen-bond acceptors (Lipinski definition) is 5. The number of aromatic nitrogens is 1. The lowest BCUT2D eigenvalue weighted by Crippen LogP contribution is -2.44. The van der Waals surface area contributed by atoms with Gasteiger partial charge in [-0.15, -0.1) is 0 Å². The van der Waals surface area contributed by atoms with Crippen molar-refractivity contribution < 1.29 is 27.4 Å². The molecule has 1 aromatic heterocycles. The molecule has 1 amide bonds. The molecule has 29 heavy (non-hydrogen) atoms. The van der Waals surface area contributed by atoms with Crippen molar-refractivity contribution in [1.82, 2.24) is 15.2 Å². The Bertz CT molecular complexity index is 754. The molecule has 9 heteroatoms. The Morgan fingerprint density at radius 1 is 1.41 bits per heavy atom. The van der Waals surface area contributed by atoms with Gasteiger partial charge in [0, 0.05) is 25.8 Å². The summed E-state index contributed by atoms with van der Waals surface area (Å²) in [5.74, 6) is -0.239. The Morgan fingerprint density at radius 3 is 2.62 bits per heavy atom. The summed E-state index contributed by atoms with van der Waals surface area (Å²) >= 11 is 0. The third-order valence-corrected chi connectivity index (χ3v) is 4.48. The first-order valence-corrected chi connectivity index (χ1v) is 8.97. The lowest BCUT2D eigenvalue weighted by atomic mass is 10.1. The second-order valence-corrected chi connectivity index (χ2v) is 6.29. The zero-order valence-corrected chi connectivity index (χ0v) is 16.2. The SMILES string of the molecule is C=C/C=C(\C(=C)OC)C(=O)NCC(c1ccc(C(F)(F)F)nc1)N1CCOCC1. The number of methoxy groups -OCH3 is 1. The van der Waals surface area contributed by atoms with Crippen LogP contribution >= 0.6 is 0 Å². The van der Waals surface area contributed by atoms with Crippen LogP contribution in [0.5, 0.6) is 0 Å². The molecule has 1 fully saturated rings. The number of nitrogens with zero attached hydrogens (tertiary/aromatic N) is 2. The molecular formula is C20H24F3N3O3. The van der Waals surface area contributed by atoms with Crippen molar-refractivity contribution in [3.8, 4) is 0 Å². The van der Waals surface area contributed by atoms with Crippen LogP contribution in [0.15, 0.2) is 55.0 Å². The zero-order chi connectivity index (χ0) is 21.4. The highest BCUT2D eigenvalue weighted by Gasteiger charge is 2.33. The lowest BCUT2D eigenvalue weighted by Gasteiger charge is -2.34. The number of nitrogens with one attached hydrogen (secondary N) is 1. The first-order chi connectivity index (χ1) is 13.8. The molecule has 2 rings (SSSR count). The van der Waals surface area contributed by atoms with Crippen molar-refractivity contribution in [1.29, 1.82) is 0 Å². The lowest BCUT2D eigenvalue weighted by molar-refractivity contribution is -0.141. The van der Waals surface area contributed by atoms with Crippen LogP contribution in [-0.2, 0) is 20.4 Å². The van der Waals surface area contributed by atoms with Crippen molar-refractivity contribution in [2.45, 2.75) is 12.2 Å². The number of amides is 1. The van der Waals surface area contributed by atoms with Crippen LogP contribution in [-0.4, -0.2) is 55.7 Å². The molecule has 1 aliphatic heterocycles. The van der Waals surface area contributed by atoms with Gasteiger partial charge >= 0.3 is 6.18 Å². The Kier molecular flexibility index (Phi) is 7.98. The second-order valence-electron chi connectivity index (χ2n) is 6.29. The number of carbonyl (C=O) groups is 1. The summed E-state index contributed by atoms with van der Waals surface area (Å²) in [4.78, 5) is 18.1. The fourth-order valence-electron chi connectivity index (χ4n) is 2.92. The van der Waals surface area contributed by atoms with E-state index in [2.05, 4.69) is 23.5 Å². The van der Waals surface area contributed by atoms with Gasteiger partial charge in [-0.3, -0.25) is 14.7 Å². The molecule has 158 valence electrons. The molecule has 0 radical (unpaired) electrons. The van der Waals surface area contributed by atoms with Crippen LogP contribution < -0.4 is 5.32 Å². The van der Waals surface area contributed by atoms with E-state index >= 15 is 0 Å². The van der Waals surface area contributed by atoms with E-state index in [4.69, 9.17) is 9.47 Å². The summed E-state index contributed by atoms with van der Waals surface area (Å²) in [5.41, 5.74) is -0.174. The average molecular weight is 411 g/mol. The molecule has 1 N–H and O–H groups in total. The summed E-state index contributed by atoms with van der Waals surface area (Å²) in [5, 5.41) is 2.80. The Balaban J connectivity index is 2.20. The predicted octanol–water partition coefficient (Wildman–Crippen LogP) is 2.86. The van der Waals surface area contributed by atoms with E-state index < -0.39 is 17.8 Å². The fraction of sp³-hybridized carbons (Fsp3) is 0.400. The summed E-state index contributed by atoms with van der Waals surface area (Å²) in [6.07, 6.45) is -0.390. The number of halogens is 3. The number of rotatable bonds is 8.